The molecule has 1 unspecified atom stereocenters. The van der Waals surface area contributed by atoms with Gasteiger partial charge in [0, 0.05) is 37.0 Å². The fourth-order valence-corrected chi connectivity index (χ4v) is 3.12. The highest BCUT2D eigenvalue weighted by molar-refractivity contribution is 5.79. The molecule has 6 nitrogen and oxygen atoms in total. The minimum atomic E-state index is 0.221. The zero-order valence-electron chi connectivity index (χ0n) is 17.2. The van der Waals surface area contributed by atoms with E-state index in [0.29, 0.717) is 18.4 Å². The van der Waals surface area contributed by atoms with Crippen molar-refractivity contribution in [1.29, 1.82) is 0 Å². The van der Waals surface area contributed by atoms with Gasteiger partial charge in [0.1, 0.15) is 5.75 Å². The third-order valence-electron chi connectivity index (χ3n) is 4.38. The number of nitrogens with zero attached hydrogens (tertiary/aromatic N) is 2. The van der Waals surface area contributed by atoms with Crippen LogP contribution in [0.4, 0.5) is 0 Å². The van der Waals surface area contributed by atoms with E-state index in [0.717, 1.165) is 54.5 Å². The number of methoxy groups -OCH3 is 1. The maximum absolute atomic E-state index is 9.28. The summed E-state index contributed by atoms with van der Waals surface area (Å²) in [5, 5.41) is 16.0. The van der Waals surface area contributed by atoms with Crippen LogP contribution in [0.15, 0.2) is 11.2 Å². The van der Waals surface area contributed by atoms with E-state index in [1.807, 2.05) is 20.0 Å². The molecule has 1 aromatic rings. The molecule has 0 aliphatic heterocycles. The van der Waals surface area contributed by atoms with Gasteiger partial charge in [-0.15, -0.1) is 0 Å². The average Bonchev–Trinajstić information content (AvgIpc) is 2.58. The Kier molecular flexibility index (Phi) is 10.0. The van der Waals surface area contributed by atoms with Crippen molar-refractivity contribution in [2.45, 2.75) is 54.0 Å². The molecule has 1 atom stereocenters. The monoisotopic (exact) mass is 364 g/mol. The lowest BCUT2D eigenvalue weighted by molar-refractivity contribution is 0.243. The molecule has 0 saturated heterocycles. The largest absolute Gasteiger partial charge is 0.496 e. The molecule has 1 heterocycles. The van der Waals surface area contributed by atoms with Gasteiger partial charge in [-0.05, 0) is 45.4 Å². The van der Waals surface area contributed by atoms with E-state index in [1.165, 1.54) is 0 Å². The molecule has 148 valence electrons. The molecule has 1 rings (SSSR count). The van der Waals surface area contributed by atoms with Crippen LogP contribution >= 0.6 is 0 Å². The summed E-state index contributed by atoms with van der Waals surface area (Å²) >= 11 is 0. The van der Waals surface area contributed by atoms with E-state index in [1.54, 1.807) is 7.11 Å². The highest BCUT2D eigenvalue weighted by atomic mass is 16.5. The van der Waals surface area contributed by atoms with Gasteiger partial charge in [-0.2, -0.15) is 0 Å². The fraction of sp³-hybridized carbons (Fsp3) is 0.700. The first-order chi connectivity index (χ1) is 12.4. The maximum atomic E-state index is 9.28. The minimum absolute atomic E-state index is 0.221. The summed E-state index contributed by atoms with van der Waals surface area (Å²) in [4.78, 5) is 9.18. The number of hydrogen-bond acceptors (Lipinski definition) is 4. The SMILES string of the molecule is CCNC(=NCc1ncc(C)c(OC)c1C)NCC(CCO)CC(C)C. The number of hydrogen-bond donors (Lipinski definition) is 3. The van der Waals surface area contributed by atoms with E-state index < -0.39 is 0 Å². The van der Waals surface area contributed by atoms with Crippen LogP contribution in [-0.2, 0) is 6.54 Å². The topological polar surface area (TPSA) is 78.8 Å². The van der Waals surface area contributed by atoms with Gasteiger partial charge in [-0.3, -0.25) is 4.98 Å². The van der Waals surface area contributed by atoms with Gasteiger partial charge >= 0.3 is 0 Å². The number of aromatic nitrogens is 1. The Balaban J connectivity index is 2.80. The maximum Gasteiger partial charge on any atom is 0.191 e. The summed E-state index contributed by atoms with van der Waals surface area (Å²) in [6, 6.07) is 0. The summed E-state index contributed by atoms with van der Waals surface area (Å²) in [5.74, 6) is 2.70. The number of aryl methyl sites for hydroxylation is 1. The van der Waals surface area contributed by atoms with Gasteiger partial charge in [-0.1, -0.05) is 13.8 Å². The number of aliphatic imine (C=N–C) groups is 1. The second kappa shape index (κ2) is 11.7. The van der Waals surface area contributed by atoms with E-state index in [4.69, 9.17) is 4.74 Å². The number of aliphatic hydroxyl groups is 1. The number of guanidine groups is 1. The summed E-state index contributed by atoms with van der Waals surface area (Å²) in [7, 11) is 1.68. The zero-order chi connectivity index (χ0) is 19.5. The van der Waals surface area contributed by atoms with E-state index >= 15 is 0 Å². The van der Waals surface area contributed by atoms with Crippen LogP contribution in [0.1, 0.15) is 50.4 Å². The van der Waals surface area contributed by atoms with Crippen molar-refractivity contribution >= 4 is 5.96 Å². The van der Waals surface area contributed by atoms with Crippen LogP contribution < -0.4 is 15.4 Å². The zero-order valence-corrected chi connectivity index (χ0v) is 17.2. The van der Waals surface area contributed by atoms with Crippen LogP contribution in [0.5, 0.6) is 5.75 Å². The smallest absolute Gasteiger partial charge is 0.191 e. The van der Waals surface area contributed by atoms with Gasteiger partial charge in [0.15, 0.2) is 5.96 Å². The molecule has 0 aliphatic rings. The third-order valence-corrected chi connectivity index (χ3v) is 4.38. The first-order valence-corrected chi connectivity index (χ1v) is 9.54. The van der Waals surface area contributed by atoms with Crippen molar-refractivity contribution in [2.75, 3.05) is 26.8 Å². The molecule has 0 aromatic carbocycles. The van der Waals surface area contributed by atoms with Gasteiger partial charge in [0.2, 0.25) is 0 Å². The normalized spacial score (nSPS) is 13.0. The predicted octanol–water partition coefficient (Wildman–Crippen LogP) is 2.81. The van der Waals surface area contributed by atoms with Crippen molar-refractivity contribution in [2.24, 2.45) is 16.8 Å². The molecule has 0 spiro atoms. The number of aliphatic hydroxyl groups excluding tert-OH is 1. The Labute approximate surface area is 158 Å². The van der Waals surface area contributed by atoms with Crippen LogP contribution in [0.2, 0.25) is 0 Å². The Bertz CT molecular complexity index is 573. The molecule has 0 fully saturated rings. The van der Waals surface area contributed by atoms with Crippen LogP contribution in [0, 0.1) is 25.7 Å². The van der Waals surface area contributed by atoms with Crippen LogP contribution in [-0.4, -0.2) is 42.9 Å². The fourth-order valence-electron chi connectivity index (χ4n) is 3.12. The lowest BCUT2D eigenvalue weighted by atomic mass is 9.94. The Morgan fingerprint density at radius 2 is 2.04 bits per heavy atom. The van der Waals surface area contributed by atoms with E-state index in [2.05, 4.69) is 41.4 Å². The number of rotatable bonds is 10. The number of nitrogens with one attached hydrogen (secondary N) is 2. The Morgan fingerprint density at radius 1 is 1.31 bits per heavy atom. The van der Waals surface area contributed by atoms with Gasteiger partial charge in [-0.25, -0.2) is 4.99 Å². The highest BCUT2D eigenvalue weighted by Gasteiger charge is 2.12. The number of ether oxygens (including phenoxy) is 1. The second-order valence-corrected chi connectivity index (χ2v) is 7.13. The molecule has 1 aromatic heterocycles. The number of pyridine rings is 1. The molecule has 26 heavy (non-hydrogen) atoms. The van der Waals surface area contributed by atoms with E-state index in [-0.39, 0.29) is 6.61 Å². The standard InChI is InChI=1S/C20H36N4O2/c1-7-21-20(23-12-17(8-9-25)10-14(2)3)24-13-18-16(5)19(26-6)15(4)11-22-18/h11,14,17,25H,7-10,12-13H2,1-6H3,(H2,21,23,24). The van der Waals surface area contributed by atoms with Gasteiger partial charge < -0.3 is 20.5 Å². The average molecular weight is 365 g/mol. The molecule has 0 aliphatic carbocycles. The summed E-state index contributed by atoms with van der Waals surface area (Å²) < 4.78 is 5.47. The molecule has 0 radical (unpaired) electrons. The predicted molar refractivity (Wildman–Crippen MR) is 108 cm³/mol. The Hall–Kier alpha value is -1.82. The molecular weight excluding hydrogens is 328 g/mol. The third kappa shape index (κ3) is 7.20. The van der Waals surface area contributed by atoms with E-state index in [9.17, 15) is 5.11 Å². The first kappa shape index (κ1) is 22.2. The van der Waals surface area contributed by atoms with Crippen LogP contribution in [0.25, 0.3) is 0 Å². The molecule has 0 bridgehead atoms. The minimum Gasteiger partial charge on any atom is -0.496 e. The first-order valence-electron chi connectivity index (χ1n) is 9.54. The summed E-state index contributed by atoms with van der Waals surface area (Å²) in [5.41, 5.74) is 2.98. The van der Waals surface area contributed by atoms with Crippen LogP contribution in [0.3, 0.4) is 0 Å². The molecule has 6 heteroatoms. The highest BCUT2D eigenvalue weighted by Crippen LogP contribution is 2.24. The molecule has 0 amide bonds. The van der Waals surface area contributed by atoms with Crippen molar-refractivity contribution in [1.82, 2.24) is 15.6 Å². The lowest BCUT2D eigenvalue weighted by Crippen LogP contribution is -2.40. The molecule has 3 N–H and O–H groups in total. The summed E-state index contributed by atoms with van der Waals surface area (Å²) in [6.45, 7) is 12.8. The molecular formula is C20H36N4O2. The quantitative estimate of drug-likeness (QED) is 0.439. The van der Waals surface area contributed by atoms with Crippen molar-refractivity contribution < 1.29 is 9.84 Å². The second-order valence-electron chi connectivity index (χ2n) is 7.13. The summed E-state index contributed by atoms with van der Waals surface area (Å²) in [6.07, 6.45) is 3.72. The Morgan fingerprint density at radius 3 is 2.62 bits per heavy atom. The van der Waals surface area contributed by atoms with Gasteiger partial charge in [0.05, 0.1) is 19.3 Å². The molecule has 0 saturated carbocycles. The lowest BCUT2D eigenvalue weighted by Gasteiger charge is -2.20. The van der Waals surface area contributed by atoms with Gasteiger partial charge in [0.25, 0.3) is 0 Å². The van der Waals surface area contributed by atoms with Crippen molar-refractivity contribution in [3.63, 3.8) is 0 Å². The van der Waals surface area contributed by atoms with Crippen molar-refractivity contribution in [3.8, 4) is 5.75 Å². The van der Waals surface area contributed by atoms with Crippen molar-refractivity contribution in [3.05, 3.63) is 23.0 Å².